The first-order valence-electron chi connectivity index (χ1n) is 10.2. The topological polar surface area (TPSA) is 66.0 Å². The fourth-order valence-electron chi connectivity index (χ4n) is 3.34. The number of aliphatic imine (C=N–C) groups is 1. The Balaban J connectivity index is 1.65. The highest BCUT2D eigenvalue weighted by Crippen LogP contribution is 2.27. The van der Waals surface area contributed by atoms with E-state index in [9.17, 15) is 4.79 Å². The summed E-state index contributed by atoms with van der Waals surface area (Å²) in [6, 6.07) is 20.1. The SMILES string of the molecule is COc1ccc(C)cc1NC(=S)NN1C(=O)/C(=C/c2ccc(Cl)cc2Cl)N=C1c1ccccc1. The summed E-state index contributed by atoms with van der Waals surface area (Å²) >= 11 is 17.8. The fraction of sp³-hybridized carbons (Fsp3) is 0.0800. The zero-order valence-corrected chi connectivity index (χ0v) is 20.6. The van der Waals surface area contributed by atoms with E-state index in [1.54, 1.807) is 31.4 Å². The number of nitrogens with one attached hydrogen (secondary N) is 2. The van der Waals surface area contributed by atoms with Crippen molar-refractivity contribution in [3.63, 3.8) is 0 Å². The summed E-state index contributed by atoms with van der Waals surface area (Å²) in [7, 11) is 1.58. The highest BCUT2D eigenvalue weighted by Gasteiger charge is 2.32. The number of hydrazine groups is 1. The van der Waals surface area contributed by atoms with Crippen LogP contribution in [0.4, 0.5) is 5.69 Å². The third-order valence-electron chi connectivity index (χ3n) is 4.96. The number of amidine groups is 1. The van der Waals surface area contributed by atoms with E-state index in [1.807, 2.05) is 55.5 Å². The molecule has 0 unspecified atom stereocenters. The lowest BCUT2D eigenvalue weighted by atomic mass is 10.2. The van der Waals surface area contributed by atoms with Crippen LogP contribution in [0, 0.1) is 6.92 Å². The van der Waals surface area contributed by atoms with Gasteiger partial charge in [0.1, 0.15) is 11.4 Å². The maximum atomic E-state index is 13.3. The van der Waals surface area contributed by atoms with Crippen LogP contribution in [-0.4, -0.2) is 29.0 Å². The van der Waals surface area contributed by atoms with E-state index >= 15 is 0 Å². The second-order valence-corrected chi connectivity index (χ2v) is 8.66. The predicted octanol–water partition coefficient (Wildman–Crippen LogP) is 5.84. The molecule has 0 aromatic heterocycles. The third-order valence-corrected chi connectivity index (χ3v) is 5.72. The number of amides is 1. The van der Waals surface area contributed by atoms with Crippen LogP contribution >= 0.6 is 35.4 Å². The summed E-state index contributed by atoms with van der Waals surface area (Å²) < 4.78 is 5.40. The number of rotatable bonds is 5. The van der Waals surface area contributed by atoms with Crippen molar-refractivity contribution in [2.24, 2.45) is 4.99 Å². The van der Waals surface area contributed by atoms with Gasteiger partial charge >= 0.3 is 0 Å². The Bertz CT molecular complexity index is 1330. The summed E-state index contributed by atoms with van der Waals surface area (Å²) in [6.45, 7) is 1.96. The van der Waals surface area contributed by atoms with Crippen molar-refractivity contribution in [2.45, 2.75) is 6.92 Å². The van der Waals surface area contributed by atoms with Crippen molar-refractivity contribution >= 4 is 64.0 Å². The van der Waals surface area contributed by atoms with Gasteiger partial charge in [-0.15, -0.1) is 0 Å². The van der Waals surface area contributed by atoms with Gasteiger partial charge in [-0.1, -0.05) is 65.7 Å². The fourth-order valence-corrected chi connectivity index (χ4v) is 4.00. The van der Waals surface area contributed by atoms with Gasteiger partial charge in [-0.25, -0.2) is 4.99 Å². The van der Waals surface area contributed by atoms with E-state index in [2.05, 4.69) is 15.7 Å². The Labute approximate surface area is 212 Å². The number of methoxy groups -OCH3 is 1. The first kappa shape index (κ1) is 23.8. The number of halogens is 2. The number of aryl methyl sites for hydroxylation is 1. The monoisotopic (exact) mass is 510 g/mol. The molecular formula is C25H20Cl2N4O2S. The molecule has 3 aromatic carbocycles. The molecule has 1 heterocycles. The normalized spacial score (nSPS) is 14.2. The summed E-state index contributed by atoms with van der Waals surface area (Å²) in [5.41, 5.74) is 6.23. The number of carbonyl (C=O) groups is 1. The number of anilines is 1. The van der Waals surface area contributed by atoms with Gasteiger partial charge in [0.05, 0.1) is 12.8 Å². The number of ether oxygens (including phenoxy) is 1. The molecule has 34 heavy (non-hydrogen) atoms. The molecule has 0 bridgehead atoms. The van der Waals surface area contributed by atoms with Crippen molar-refractivity contribution in [1.82, 2.24) is 10.4 Å². The molecule has 0 saturated heterocycles. The predicted molar refractivity (Wildman–Crippen MR) is 141 cm³/mol. The minimum absolute atomic E-state index is 0.200. The number of nitrogens with zero attached hydrogens (tertiary/aromatic N) is 2. The van der Waals surface area contributed by atoms with Crippen LogP contribution in [0.2, 0.25) is 10.0 Å². The van der Waals surface area contributed by atoms with E-state index in [0.29, 0.717) is 32.9 Å². The second-order valence-electron chi connectivity index (χ2n) is 7.41. The molecule has 3 aromatic rings. The van der Waals surface area contributed by atoms with E-state index in [-0.39, 0.29) is 16.7 Å². The standard InChI is InChI=1S/C25H20Cl2N4O2S/c1-15-8-11-22(33-2)20(12-15)29-25(34)30-31-23(16-6-4-3-5-7-16)28-21(24(31)32)13-17-9-10-18(26)14-19(17)27/h3-14H,1-2H3,(H2,29,30,34)/b21-13-. The summed E-state index contributed by atoms with van der Waals surface area (Å²) in [5, 5.41) is 5.52. The largest absolute Gasteiger partial charge is 0.495 e. The van der Waals surface area contributed by atoms with E-state index in [1.165, 1.54) is 5.01 Å². The minimum atomic E-state index is -0.384. The van der Waals surface area contributed by atoms with Crippen molar-refractivity contribution < 1.29 is 9.53 Å². The molecule has 0 aliphatic carbocycles. The Morgan fingerprint density at radius 2 is 1.85 bits per heavy atom. The molecule has 0 radical (unpaired) electrons. The maximum absolute atomic E-state index is 13.3. The number of thiocarbonyl (C=S) groups is 1. The Morgan fingerprint density at radius 1 is 1.09 bits per heavy atom. The highest BCUT2D eigenvalue weighted by molar-refractivity contribution is 7.80. The van der Waals surface area contributed by atoms with Crippen LogP contribution in [-0.2, 0) is 4.79 Å². The van der Waals surface area contributed by atoms with Crippen molar-refractivity contribution in [3.05, 3.63) is 99.2 Å². The van der Waals surface area contributed by atoms with Gasteiger partial charge in [0.25, 0.3) is 5.91 Å². The first-order valence-corrected chi connectivity index (χ1v) is 11.4. The molecule has 0 spiro atoms. The van der Waals surface area contributed by atoms with E-state index in [0.717, 1.165) is 11.1 Å². The van der Waals surface area contributed by atoms with Gasteiger partial charge in [0.15, 0.2) is 10.9 Å². The van der Waals surface area contributed by atoms with Gasteiger partial charge in [-0.05, 0) is 60.6 Å². The molecule has 1 aliphatic heterocycles. The van der Waals surface area contributed by atoms with Crippen molar-refractivity contribution in [2.75, 3.05) is 12.4 Å². The summed E-state index contributed by atoms with van der Waals surface area (Å²) in [4.78, 5) is 17.9. The first-order chi connectivity index (χ1) is 16.4. The molecule has 4 rings (SSSR count). The van der Waals surface area contributed by atoms with Gasteiger partial charge in [-0.3, -0.25) is 10.2 Å². The molecule has 0 saturated carbocycles. The van der Waals surface area contributed by atoms with Crippen molar-refractivity contribution in [1.29, 1.82) is 0 Å². The smallest absolute Gasteiger partial charge is 0.297 e. The van der Waals surface area contributed by atoms with Gasteiger partial charge < -0.3 is 10.1 Å². The molecule has 0 atom stereocenters. The van der Waals surface area contributed by atoms with Crippen LogP contribution in [0.25, 0.3) is 6.08 Å². The number of hydrogen-bond acceptors (Lipinski definition) is 4. The average Bonchev–Trinajstić information content (AvgIpc) is 3.11. The van der Waals surface area contributed by atoms with Crippen LogP contribution in [0.3, 0.4) is 0 Å². The van der Waals surface area contributed by atoms with E-state index in [4.69, 9.17) is 40.2 Å². The van der Waals surface area contributed by atoms with Crippen LogP contribution < -0.4 is 15.5 Å². The van der Waals surface area contributed by atoms with Gasteiger partial charge in [0, 0.05) is 15.6 Å². The molecule has 0 fully saturated rings. The van der Waals surface area contributed by atoms with Crippen LogP contribution in [0.1, 0.15) is 16.7 Å². The zero-order valence-electron chi connectivity index (χ0n) is 18.3. The third kappa shape index (κ3) is 5.22. The summed E-state index contributed by atoms with van der Waals surface area (Å²) in [5.74, 6) is 0.643. The number of hydrogen-bond donors (Lipinski definition) is 2. The lowest BCUT2D eigenvalue weighted by Crippen LogP contribution is -2.49. The Morgan fingerprint density at radius 3 is 2.56 bits per heavy atom. The molecular weight excluding hydrogens is 491 g/mol. The molecule has 172 valence electrons. The summed E-state index contributed by atoms with van der Waals surface area (Å²) in [6.07, 6.45) is 1.62. The maximum Gasteiger partial charge on any atom is 0.297 e. The molecule has 1 amide bonds. The zero-order chi connectivity index (χ0) is 24.2. The minimum Gasteiger partial charge on any atom is -0.495 e. The van der Waals surface area contributed by atoms with Gasteiger partial charge in [0.2, 0.25) is 0 Å². The highest BCUT2D eigenvalue weighted by atomic mass is 35.5. The van der Waals surface area contributed by atoms with Crippen LogP contribution in [0.15, 0.2) is 77.4 Å². The Hall–Kier alpha value is -3.39. The molecule has 1 aliphatic rings. The average molecular weight is 511 g/mol. The number of carbonyl (C=O) groups excluding carboxylic acids is 1. The molecule has 6 nitrogen and oxygen atoms in total. The lowest BCUT2D eigenvalue weighted by molar-refractivity contribution is -0.123. The van der Waals surface area contributed by atoms with E-state index < -0.39 is 0 Å². The van der Waals surface area contributed by atoms with Crippen molar-refractivity contribution in [3.8, 4) is 5.75 Å². The van der Waals surface area contributed by atoms with Crippen LogP contribution in [0.5, 0.6) is 5.75 Å². The molecule has 2 N–H and O–H groups in total. The second kappa shape index (κ2) is 10.3. The Kier molecular flexibility index (Phi) is 7.17. The van der Waals surface area contributed by atoms with Gasteiger partial charge in [-0.2, -0.15) is 5.01 Å². The lowest BCUT2D eigenvalue weighted by Gasteiger charge is -2.22. The quantitative estimate of drug-likeness (QED) is 0.333. The number of benzene rings is 3. The molecule has 9 heteroatoms.